The second kappa shape index (κ2) is 8.13. The maximum absolute atomic E-state index is 6.11. The average molecular weight is 433 g/mol. The SMILES string of the molecule is S=C(c1ccc(-c2cccc(Cl)c2)o1)N1CCN(c2cccc3ccccc23)CC1. The molecule has 0 bridgehead atoms. The fourth-order valence-electron chi connectivity index (χ4n) is 4.04. The van der Waals surface area contributed by atoms with E-state index in [-0.39, 0.29) is 0 Å². The molecule has 0 saturated carbocycles. The van der Waals surface area contributed by atoms with Crippen LogP contribution in [0.5, 0.6) is 0 Å². The summed E-state index contributed by atoms with van der Waals surface area (Å²) in [6.07, 6.45) is 0. The number of thiocarbonyl (C=S) groups is 1. The molecule has 5 heteroatoms. The zero-order valence-corrected chi connectivity index (χ0v) is 18.0. The molecule has 1 saturated heterocycles. The van der Waals surface area contributed by atoms with E-state index in [1.807, 2.05) is 36.4 Å². The Balaban J connectivity index is 1.29. The van der Waals surface area contributed by atoms with Gasteiger partial charge in [-0.3, -0.25) is 0 Å². The summed E-state index contributed by atoms with van der Waals surface area (Å²) in [5.41, 5.74) is 2.25. The predicted octanol–water partition coefficient (Wildman–Crippen LogP) is 6.25. The molecule has 5 rings (SSSR count). The van der Waals surface area contributed by atoms with E-state index in [2.05, 4.69) is 52.3 Å². The molecule has 3 nitrogen and oxygen atoms in total. The third-order valence-corrected chi connectivity index (χ3v) is 6.29. The monoisotopic (exact) mass is 432 g/mol. The number of hydrogen-bond acceptors (Lipinski definition) is 3. The Labute approximate surface area is 186 Å². The molecular weight excluding hydrogens is 412 g/mol. The number of furan rings is 1. The van der Waals surface area contributed by atoms with Crippen molar-refractivity contribution in [3.8, 4) is 11.3 Å². The van der Waals surface area contributed by atoms with Crippen LogP contribution in [0, 0.1) is 0 Å². The highest BCUT2D eigenvalue weighted by Gasteiger charge is 2.22. The van der Waals surface area contributed by atoms with Crippen molar-refractivity contribution in [3.63, 3.8) is 0 Å². The van der Waals surface area contributed by atoms with Gasteiger partial charge in [0, 0.05) is 47.8 Å². The molecule has 30 heavy (non-hydrogen) atoms. The molecule has 150 valence electrons. The van der Waals surface area contributed by atoms with E-state index in [0.717, 1.165) is 48.3 Å². The summed E-state index contributed by atoms with van der Waals surface area (Å²) < 4.78 is 6.05. The van der Waals surface area contributed by atoms with Crippen molar-refractivity contribution in [2.75, 3.05) is 31.1 Å². The standard InChI is InChI=1S/C25H21ClN2OS/c26-20-8-3-7-19(17-20)23-11-12-24(29-23)25(30)28-15-13-27(14-16-28)22-10-4-6-18-5-1-2-9-21(18)22/h1-12,17H,13-16H2. The Hall–Kier alpha value is -2.82. The summed E-state index contributed by atoms with van der Waals surface area (Å²) in [7, 11) is 0. The van der Waals surface area contributed by atoms with Gasteiger partial charge in [0.15, 0.2) is 5.76 Å². The van der Waals surface area contributed by atoms with Crippen LogP contribution in [0.3, 0.4) is 0 Å². The summed E-state index contributed by atoms with van der Waals surface area (Å²) in [6.45, 7) is 3.59. The highest BCUT2D eigenvalue weighted by molar-refractivity contribution is 7.80. The lowest BCUT2D eigenvalue weighted by Crippen LogP contribution is -2.48. The molecule has 1 fully saturated rings. The van der Waals surface area contributed by atoms with E-state index >= 15 is 0 Å². The van der Waals surface area contributed by atoms with Crippen LogP contribution in [0.2, 0.25) is 5.02 Å². The topological polar surface area (TPSA) is 19.6 Å². The smallest absolute Gasteiger partial charge is 0.162 e. The molecule has 0 aliphatic carbocycles. The van der Waals surface area contributed by atoms with Crippen molar-refractivity contribution in [1.29, 1.82) is 0 Å². The summed E-state index contributed by atoms with van der Waals surface area (Å²) >= 11 is 11.9. The number of rotatable bonds is 3. The van der Waals surface area contributed by atoms with Crippen molar-refractivity contribution < 1.29 is 4.42 Å². The van der Waals surface area contributed by atoms with Gasteiger partial charge in [-0.2, -0.15) is 0 Å². The minimum Gasteiger partial charge on any atom is -0.454 e. The first-order chi connectivity index (χ1) is 14.7. The van der Waals surface area contributed by atoms with Crippen LogP contribution in [0.15, 0.2) is 83.3 Å². The minimum absolute atomic E-state index is 0.692. The van der Waals surface area contributed by atoms with E-state index in [4.69, 9.17) is 28.2 Å². The lowest BCUT2D eigenvalue weighted by atomic mass is 10.1. The molecule has 0 N–H and O–H groups in total. The van der Waals surface area contributed by atoms with Crippen molar-refractivity contribution in [2.45, 2.75) is 0 Å². The second-order valence-corrected chi connectivity index (χ2v) is 8.27. The third kappa shape index (κ3) is 3.69. The Morgan fingerprint density at radius 3 is 2.43 bits per heavy atom. The molecule has 0 radical (unpaired) electrons. The van der Waals surface area contributed by atoms with E-state index in [0.29, 0.717) is 5.02 Å². The summed E-state index contributed by atoms with van der Waals surface area (Å²) in [4.78, 5) is 5.44. The van der Waals surface area contributed by atoms with Crippen LogP contribution in [-0.2, 0) is 0 Å². The van der Waals surface area contributed by atoms with E-state index in [1.165, 1.54) is 16.5 Å². The molecule has 4 aromatic rings. The van der Waals surface area contributed by atoms with Gasteiger partial charge < -0.3 is 14.2 Å². The lowest BCUT2D eigenvalue weighted by molar-refractivity contribution is 0.385. The molecule has 1 aliphatic heterocycles. The van der Waals surface area contributed by atoms with Gasteiger partial charge >= 0.3 is 0 Å². The maximum atomic E-state index is 6.11. The van der Waals surface area contributed by atoms with Gasteiger partial charge in [0.1, 0.15) is 10.7 Å². The van der Waals surface area contributed by atoms with Crippen molar-refractivity contribution >= 4 is 45.3 Å². The molecule has 1 aromatic heterocycles. The van der Waals surface area contributed by atoms with Crippen molar-refractivity contribution in [2.24, 2.45) is 0 Å². The Morgan fingerprint density at radius 2 is 1.60 bits per heavy atom. The van der Waals surface area contributed by atoms with Crippen LogP contribution in [0.4, 0.5) is 5.69 Å². The molecule has 2 heterocycles. The molecule has 0 atom stereocenters. The normalized spacial score (nSPS) is 14.3. The summed E-state index contributed by atoms with van der Waals surface area (Å²) in [5.74, 6) is 1.52. The Bertz CT molecular complexity index is 1210. The van der Waals surface area contributed by atoms with Crippen LogP contribution in [-0.4, -0.2) is 36.1 Å². The number of halogens is 1. The van der Waals surface area contributed by atoms with Gasteiger partial charge in [-0.15, -0.1) is 0 Å². The minimum atomic E-state index is 0.692. The quantitative estimate of drug-likeness (QED) is 0.356. The first-order valence-electron chi connectivity index (χ1n) is 10.1. The van der Waals surface area contributed by atoms with Gasteiger partial charge in [-0.25, -0.2) is 0 Å². The van der Waals surface area contributed by atoms with Gasteiger partial charge in [0.05, 0.1) is 0 Å². The highest BCUT2D eigenvalue weighted by Crippen LogP contribution is 2.29. The van der Waals surface area contributed by atoms with Crippen LogP contribution in [0.1, 0.15) is 5.76 Å². The molecule has 0 unspecified atom stereocenters. The number of piperazine rings is 1. The number of anilines is 1. The van der Waals surface area contributed by atoms with Crippen LogP contribution >= 0.6 is 23.8 Å². The number of benzene rings is 3. The Morgan fingerprint density at radius 1 is 0.833 bits per heavy atom. The fraction of sp³-hybridized carbons (Fsp3) is 0.160. The largest absolute Gasteiger partial charge is 0.454 e. The number of fused-ring (bicyclic) bond motifs is 1. The first kappa shape index (κ1) is 19.2. The third-order valence-electron chi connectivity index (χ3n) is 5.60. The lowest BCUT2D eigenvalue weighted by Gasteiger charge is -2.37. The van der Waals surface area contributed by atoms with E-state index in [9.17, 15) is 0 Å². The molecule has 0 amide bonds. The van der Waals surface area contributed by atoms with Gasteiger partial charge in [0.25, 0.3) is 0 Å². The average Bonchev–Trinajstić information content (AvgIpc) is 3.29. The van der Waals surface area contributed by atoms with Crippen LogP contribution < -0.4 is 4.90 Å². The molecule has 1 aliphatic rings. The zero-order valence-electron chi connectivity index (χ0n) is 16.4. The van der Waals surface area contributed by atoms with Crippen molar-refractivity contribution in [3.05, 3.63) is 89.6 Å². The van der Waals surface area contributed by atoms with Gasteiger partial charge in [-0.05, 0) is 35.7 Å². The van der Waals surface area contributed by atoms with E-state index in [1.54, 1.807) is 0 Å². The number of nitrogens with zero attached hydrogens (tertiary/aromatic N) is 2. The molecular formula is C25H21ClN2OS. The maximum Gasteiger partial charge on any atom is 0.162 e. The van der Waals surface area contributed by atoms with E-state index < -0.39 is 0 Å². The van der Waals surface area contributed by atoms with Gasteiger partial charge in [0.2, 0.25) is 0 Å². The first-order valence-corrected chi connectivity index (χ1v) is 10.9. The highest BCUT2D eigenvalue weighted by atomic mass is 35.5. The zero-order chi connectivity index (χ0) is 20.5. The fourth-order valence-corrected chi connectivity index (χ4v) is 4.52. The van der Waals surface area contributed by atoms with Crippen LogP contribution in [0.25, 0.3) is 22.1 Å². The summed E-state index contributed by atoms with van der Waals surface area (Å²) in [6, 6.07) is 26.6. The second-order valence-electron chi connectivity index (χ2n) is 7.45. The Kier molecular flexibility index (Phi) is 5.19. The molecule has 0 spiro atoms. The van der Waals surface area contributed by atoms with Gasteiger partial charge in [-0.1, -0.05) is 72.3 Å². The van der Waals surface area contributed by atoms with Crippen molar-refractivity contribution in [1.82, 2.24) is 4.90 Å². The molecule has 3 aromatic carbocycles. The number of hydrogen-bond donors (Lipinski definition) is 0. The summed E-state index contributed by atoms with van der Waals surface area (Å²) in [5, 5.41) is 3.27. The predicted molar refractivity (Wildman–Crippen MR) is 129 cm³/mol.